The van der Waals surface area contributed by atoms with Crippen LogP contribution in [0.25, 0.3) is 11.3 Å². The fourth-order valence-electron chi connectivity index (χ4n) is 2.45. The van der Waals surface area contributed by atoms with Gasteiger partial charge in [0.2, 0.25) is 5.95 Å². The Labute approximate surface area is 176 Å². The molecule has 0 aliphatic rings. The number of ether oxygens (including phenoxy) is 1. The van der Waals surface area contributed by atoms with Crippen molar-refractivity contribution in [1.29, 1.82) is 5.26 Å². The maximum atomic E-state index is 12.6. The van der Waals surface area contributed by atoms with Crippen LogP contribution in [0.15, 0.2) is 62.9 Å². The summed E-state index contributed by atoms with van der Waals surface area (Å²) in [6, 6.07) is 14.4. The van der Waals surface area contributed by atoms with E-state index < -0.39 is 17.7 Å². The van der Waals surface area contributed by atoms with E-state index in [4.69, 9.17) is 0 Å². The van der Waals surface area contributed by atoms with E-state index in [1.807, 2.05) is 0 Å². The first-order valence-electron chi connectivity index (χ1n) is 8.21. The number of aromatic nitrogens is 2. The molecule has 0 amide bonds. The van der Waals surface area contributed by atoms with Crippen LogP contribution in [-0.4, -0.2) is 22.5 Å². The van der Waals surface area contributed by atoms with Gasteiger partial charge in [0.15, 0.2) is 0 Å². The highest BCUT2D eigenvalue weighted by Crippen LogP contribution is 2.30. The third kappa shape index (κ3) is 5.03. The molecule has 1 aromatic heterocycles. The second-order valence-corrected chi connectivity index (χ2v) is 6.54. The molecular weight excluding hydrogens is 467 g/mol. The number of aromatic amines is 1. The average molecular weight is 478 g/mol. The van der Waals surface area contributed by atoms with Crippen LogP contribution < -0.4 is 15.7 Å². The molecule has 0 saturated carbocycles. The first-order chi connectivity index (χ1) is 14.3. The smallest absolute Gasteiger partial charge is 0.405 e. The summed E-state index contributed by atoms with van der Waals surface area (Å²) in [4.78, 5) is 18.7. The van der Waals surface area contributed by atoms with Crippen LogP contribution in [0.2, 0.25) is 0 Å². The lowest BCUT2D eigenvalue weighted by molar-refractivity contribution is -0.274. The number of nitriles is 1. The summed E-state index contributed by atoms with van der Waals surface area (Å²) in [7, 11) is 0. The molecule has 3 rings (SSSR count). The third-order valence-electron chi connectivity index (χ3n) is 3.68. The summed E-state index contributed by atoms with van der Waals surface area (Å²) in [6.07, 6.45) is -3.80. The molecule has 0 radical (unpaired) electrons. The third-order valence-corrected chi connectivity index (χ3v) is 4.37. The second-order valence-electron chi connectivity index (χ2n) is 5.69. The molecule has 0 bridgehead atoms. The Morgan fingerprint density at radius 1 is 1.20 bits per heavy atom. The van der Waals surface area contributed by atoms with Crippen molar-refractivity contribution in [3.8, 4) is 23.1 Å². The van der Waals surface area contributed by atoms with Gasteiger partial charge >= 0.3 is 6.36 Å². The number of halogens is 4. The van der Waals surface area contributed by atoms with Crippen LogP contribution in [0.3, 0.4) is 0 Å². The molecule has 0 aliphatic heterocycles. The Hall–Kier alpha value is -3.65. The number of benzene rings is 2. The number of nitrogens with zero attached hydrogens (tertiary/aromatic N) is 3. The molecule has 2 aromatic carbocycles. The molecule has 0 spiro atoms. The van der Waals surface area contributed by atoms with Crippen LogP contribution in [0.4, 0.5) is 19.1 Å². The summed E-state index contributed by atoms with van der Waals surface area (Å²) in [5.74, 6) is -0.562. The minimum atomic E-state index is -4.87. The molecule has 152 valence electrons. The van der Waals surface area contributed by atoms with Gasteiger partial charge in [-0.1, -0.05) is 36.4 Å². The van der Waals surface area contributed by atoms with Gasteiger partial charge in [0, 0.05) is 10.0 Å². The highest BCUT2D eigenvalue weighted by atomic mass is 79.9. The monoisotopic (exact) mass is 477 g/mol. The Morgan fingerprint density at radius 2 is 1.93 bits per heavy atom. The first kappa shape index (κ1) is 21.1. The highest BCUT2D eigenvalue weighted by molar-refractivity contribution is 9.10. The standard InChI is InChI=1S/C19H11BrF3N5O2/c20-14-7-4-8-15(30-19(21,22)23)13(14)10-25-28-18-26-16(11-5-2-1-3-6-11)12(9-24)17(29)27-18/h1-8,10H,(H2,26,27,28,29). The molecule has 0 atom stereocenters. The predicted octanol–water partition coefficient (Wildman–Crippen LogP) is 4.42. The van der Waals surface area contributed by atoms with Crippen molar-refractivity contribution >= 4 is 28.1 Å². The van der Waals surface area contributed by atoms with Crippen molar-refractivity contribution < 1.29 is 17.9 Å². The van der Waals surface area contributed by atoms with Crippen molar-refractivity contribution in [2.45, 2.75) is 6.36 Å². The first-order valence-corrected chi connectivity index (χ1v) is 9.01. The lowest BCUT2D eigenvalue weighted by Crippen LogP contribution is -2.18. The molecule has 2 N–H and O–H groups in total. The fourth-order valence-corrected chi connectivity index (χ4v) is 2.90. The number of H-pyrrole nitrogens is 1. The summed E-state index contributed by atoms with van der Waals surface area (Å²) >= 11 is 3.14. The van der Waals surface area contributed by atoms with Crippen molar-refractivity contribution in [1.82, 2.24) is 9.97 Å². The van der Waals surface area contributed by atoms with Crippen molar-refractivity contribution in [2.24, 2.45) is 5.10 Å². The molecule has 0 fully saturated rings. The van der Waals surface area contributed by atoms with Crippen molar-refractivity contribution in [3.63, 3.8) is 0 Å². The summed E-state index contributed by atoms with van der Waals surface area (Å²) in [6.45, 7) is 0. The quantitative estimate of drug-likeness (QED) is 0.418. The van der Waals surface area contributed by atoms with Crippen LogP contribution in [0.1, 0.15) is 11.1 Å². The molecule has 1 heterocycles. The summed E-state index contributed by atoms with van der Waals surface area (Å²) < 4.78 is 42.1. The molecule has 7 nitrogen and oxygen atoms in total. The summed E-state index contributed by atoms with van der Waals surface area (Å²) in [5.41, 5.74) is 2.28. The zero-order valence-corrected chi connectivity index (χ0v) is 16.5. The molecule has 3 aromatic rings. The Bertz CT molecular complexity index is 1190. The minimum absolute atomic E-state index is 0.0154. The summed E-state index contributed by atoms with van der Waals surface area (Å²) in [5, 5.41) is 13.1. The predicted molar refractivity (Wildman–Crippen MR) is 107 cm³/mol. The van der Waals surface area contributed by atoms with Gasteiger partial charge in [0.1, 0.15) is 17.4 Å². The zero-order chi connectivity index (χ0) is 21.7. The number of hydrazone groups is 1. The van der Waals surface area contributed by atoms with E-state index in [1.165, 1.54) is 12.1 Å². The van der Waals surface area contributed by atoms with E-state index in [0.29, 0.717) is 10.0 Å². The average Bonchev–Trinajstić information content (AvgIpc) is 2.69. The van der Waals surface area contributed by atoms with E-state index in [2.05, 4.69) is 41.2 Å². The number of hydrogen-bond acceptors (Lipinski definition) is 6. The van der Waals surface area contributed by atoms with Gasteiger partial charge in [-0.15, -0.1) is 13.2 Å². The van der Waals surface area contributed by atoms with Gasteiger partial charge in [-0.3, -0.25) is 9.78 Å². The fraction of sp³-hybridized carbons (Fsp3) is 0.0526. The van der Waals surface area contributed by atoms with E-state index in [-0.39, 0.29) is 22.8 Å². The lowest BCUT2D eigenvalue weighted by Gasteiger charge is -2.12. The highest BCUT2D eigenvalue weighted by Gasteiger charge is 2.32. The van der Waals surface area contributed by atoms with Gasteiger partial charge in [-0.25, -0.2) is 10.4 Å². The van der Waals surface area contributed by atoms with E-state index in [1.54, 1.807) is 36.4 Å². The van der Waals surface area contributed by atoms with Crippen molar-refractivity contribution in [3.05, 3.63) is 74.5 Å². The SMILES string of the molecule is N#Cc1c(-c2ccccc2)nc(NN=Cc2c(Br)cccc2OC(F)(F)F)[nH]c1=O. The van der Waals surface area contributed by atoms with Crippen LogP contribution in [0, 0.1) is 11.3 Å². The maximum absolute atomic E-state index is 12.6. The molecule has 0 aliphatic carbocycles. The number of hydrogen-bond donors (Lipinski definition) is 2. The molecule has 0 unspecified atom stereocenters. The molecule has 0 saturated heterocycles. The molecule has 11 heteroatoms. The maximum Gasteiger partial charge on any atom is 0.573 e. The van der Waals surface area contributed by atoms with Crippen LogP contribution in [-0.2, 0) is 0 Å². The number of rotatable bonds is 5. The van der Waals surface area contributed by atoms with Gasteiger partial charge in [-0.05, 0) is 28.1 Å². The van der Waals surface area contributed by atoms with E-state index >= 15 is 0 Å². The minimum Gasteiger partial charge on any atom is -0.405 e. The van der Waals surface area contributed by atoms with E-state index in [9.17, 15) is 23.2 Å². The lowest BCUT2D eigenvalue weighted by atomic mass is 10.1. The number of nitrogens with one attached hydrogen (secondary N) is 2. The molecular formula is C19H11BrF3N5O2. The Balaban J connectivity index is 1.92. The van der Waals surface area contributed by atoms with E-state index in [0.717, 1.165) is 12.3 Å². The van der Waals surface area contributed by atoms with Gasteiger partial charge < -0.3 is 4.74 Å². The second kappa shape index (κ2) is 8.79. The number of anilines is 1. The number of alkyl halides is 3. The van der Waals surface area contributed by atoms with Crippen LogP contribution >= 0.6 is 15.9 Å². The Kier molecular flexibility index (Phi) is 6.17. The topological polar surface area (TPSA) is 103 Å². The van der Waals surface area contributed by atoms with Crippen molar-refractivity contribution in [2.75, 3.05) is 5.43 Å². The van der Waals surface area contributed by atoms with Gasteiger partial charge in [0.25, 0.3) is 5.56 Å². The van der Waals surface area contributed by atoms with Gasteiger partial charge in [0.05, 0.1) is 17.5 Å². The Morgan fingerprint density at radius 3 is 2.60 bits per heavy atom. The molecule has 30 heavy (non-hydrogen) atoms. The van der Waals surface area contributed by atoms with Crippen LogP contribution in [0.5, 0.6) is 5.75 Å². The zero-order valence-electron chi connectivity index (χ0n) is 14.9. The largest absolute Gasteiger partial charge is 0.573 e. The normalized spacial score (nSPS) is 11.3. The van der Waals surface area contributed by atoms with Gasteiger partial charge in [-0.2, -0.15) is 10.4 Å².